The van der Waals surface area contributed by atoms with Gasteiger partial charge in [-0.2, -0.15) is 5.26 Å². The van der Waals surface area contributed by atoms with Gasteiger partial charge in [0.1, 0.15) is 5.75 Å². The number of benzene rings is 1. The van der Waals surface area contributed by atoms with Gasteiger partial charge < -0.3 is 10.1 Å². The molecule has 0 heterocycles. The van der Waals surface area contributed by atoms with Crippen LogP contribution in [0.2, 0.25) is 0 Å². The molecular formula is C13H18N2O. The van der Waals surface area contributed by atoms with Crippen LogP contribution in [-0.2, 0) is 0 Å². The largest absolute Gasteiger partial charge is 0.492 e. The van der Waals surface area contributed by atoms with Gasteiger partial charge in [-0.15, -0.1) is 0 Å². The molecule has 1 rings (SSSR count). The van der Waals surface area contributed by atoms with Crippen molar-refractivity contribution in [3.8, 4) is 11.8 Å². The molecule has 3 heteroatoms. The van der Waals surface area contributed by atoms with Crippen LogP contribution in [0.3, 0.4) is 0 Å². The Bertz CT molecular complexity index is 357. The van der Waals surface area contributed by atoms with E-state index in [9.17, 15) is 0 Å². The molecular weight excluding hydrogens is 200 g/mol. The van der Waals surface area contributed by atoms with Gasteiger partial charge in [0.05, 0.1) is 24.3 Å². The van der Waals surface area contributed by atoms with E-state index in [-0.39, 0.29) is 5.92 Å². The van der Waals surface area contributed by atoms with Crippen LogP contribution in [0.25, 0.3) is 0 Å². The number of nitriles is 1. The Morgan fingerprint density at radius 3 is 2.75 bits per heavy atom. The highest BCUT2D eigenvalue weighted by atomic mass is 16.5. The monoisotopic (exact) mass is 218 g/mol. The van der Waals surface area contributed by atoms with Gasteiger partial charge >= 0.3 is 0 Å². The van der Waals surface area contributed by atoms with Gasteiger partial charge in [-0.3, -0.25) is 0 Å². The third-order valence-corrected chi connectivity index (χ3v) is 2.40. The zero-order valence-corrected chi connectivity index (χ0v) is 9.86. The van der Waals surface area contributed by atoms with E-state index >= 15 is 0 Å². The smallest absolute Gasteiger partial charge is 0.142 e. The lowest BCUT2D eigenvalue weighted by Crippen LogP contribution is -2.12. The van der Waals surface area contributed by atoms with E-state index < -0.39 is 0 Å². The van der Waals surface area contributed by atoms with Crippen LogP contribution in [0.1, 0.15) is 20.3 Å². The van der Waals surface area contributed by atoms with Crippen LogP contribution in [0, 0.1) is 17.2 Å². The number of rotatable bonds is 6. The number of anilines is 1. The molecule has 0 bridgehead atoms. The third kappa shape index (κ3) is 3.47. The van der Waals surface area contributed by atoms with Crippen molar-refractivity contribution in [2.24, 2.45) is 5.92 Å². The predicted octanol–water partition coefficient (Wildman–Crippen LogP) is 3.05. The summed E-state index contributed by atoms with van der Waals surface area (Å²) in [6.07, 6.45) is 0.861. The standard InChI is InChI=1S/C13H18N2O/c1-3-11(9-14)10-15-12-7-5-6-8-13(12)16-4-2/h5-8,11,15H,3-4,10H2,1-2H3. The van der Waals surface area contributed by atoms with Crippen molar-refractivity contribution in [1.82, 2.24) is 0 Å². The van der Waals surface area contributed by atoms with Crippen molar-refractivity contribution >= 4 is 5.69 Å². The Morgan fingerprint density at radius 1 is 1.38 bits per heavy atom. The number of para-hydroxylation sites is 2. The zero-order chi connectivity index (χ0) is 11.8. The summed E-state index contributed by atoms with van der Waals surface area (Å²) in [6.45, 7) is 5.29. The van der Waals surface area contributed by atoms with Crippen LogP contribution < -0.4 is 10.1 Å². The van der Waals surface area contributed by atoms with Gasteiger partial charge in [0.15, 0.2) is 0 Å². The first-order valence-electron chi connectivity index (χ1n) is 5.67. The van der Waals surface area contributed by atoms with E-state index in [1.165, 1.54) is 0 Å². The lowest BCUT2D eigenvalue weighted by atomic mass is 10.1. The van der Waals surface area contributed by atoms with Gasteiger partial charge in [0, 0.05) is 6.54 Å². The molecule has 0 aliphatic carbocycles. The highest BCUT2D eigenvalue weighted by Gasteiger charge is 2.06. The summed E-state index contributed by atoms with van der Waals surface area (Å²) in [6, 6.07) is 10.1. The van der Waals surface area contributed by atoms with Gasteiger partial charge in [0.25, 0.3) is 0 Å². The van der Waals surface area contributed by atoms with E-state index in [4.69, 9.17) is 10.00 Å². The molecule has 0 aliphatic heterocycles. The molecule has 0 saturated carbocycles. The van der Waals surface area contributed by atoms with E-state index in [2.05, 4.69) is 11.4 Å². The van der Waals surface area contributed by atoms with Crippen LogP contribution >= 0.6 is 0 Å². The zero-order valence-electron chi connectivity index (χ0n) is 9.86. The molecule has 0 saturated heterocycles. The molecule has 0 amide bonds. The summed E-state index contributed by atoms with van der Waals surface area (Å²) < 4.78 is 5.49. The summed E-state index contributed by atoms with van der Waals surface area (Å²) in [5.41, 5.74) is 0.957. The average molecular weight is 218 g/mol. The van der Waals surface area contributed by atoms with Gasteiger partial charge in [-0.25, -0.2) is 0 Å². The molecule has 0 fully saturated rings. The molecule has 1 atom stereocenters. The molecule has 0 spiro atoms. The second kappa shape index (κ2) is 6.73. The highest BCUT2D eigenvalue weighted by Crippen LogP contribution is 2.23. The number of hydrogen-bond donors (Lipinski definition) is 1. The fourth-order valence-electron chi connectivity index (χ4n) is 1.41. The fourth-order valence-corrected chi connectivity index (χ4v) is 1.41. The minimum atomic E-state index is 0.0506. The minimum absolute atomic E-state index is 0.0506. The summed E-state index contributed by atoms with van der Waals surface area (Å²) in [4.78, 5) is 0. The Labute approximate surface area is 97.0 Å². The molecule has 1 aromatic carbocycles. The van der Waals surface area contributed by atoms with Crippen LogP contribution in [0.15, 0.2) is 24.3 Å². The van der Waals surface area contributed by atoms with E-state index in [1.807, 2.05) is 38.1 Å². The molecule has 1 unspecified atom stereocenters. The van der Waals surface area contributed by atoms with Gasteiger partial charge in [-0.1, -0.05) is 19.1 Å². The van der Waals surface area contributed by atoms with Gasteiger partial charge in [0.2, 0.25) is 0 Å². The maximum absolute atomic E-state index is 8.86. The van der Waals surface area contributed by atoms with Crippen molar-refractivity contribution in [3.63, 3.8) is 0 Å². The van der Waals surface area contributed by atoms with Crippen LogP contribution in [0.5, 0.6) is 5.75 Å². The topological polar surface area (TPSA) is 45.0 Å². The van der Waals surface area contributed by atoms with Crippen LogP contribution in [0.4, 0.5) is 5.69 Å². The van der Waals surface area contributed by atoms with Crippen molar-refractivity contribution in [2.45, 2.75) is 20.3 Å². The molecule has 0 aromatic heterocycles. The Kier molecular flexibility index (Phi) is 5.21. The Balaban J connectivity index is 2.62. The first-order chi connectivity index (χ1) is 7.81. The SMILES string of the molecule is CCOc1ccccc1NCC(C#N)CC. The van der Waals surface area contributed by atoms with E-state index in [1.54, 1.807) is 0 Å². The Hall–Kier alpha value is -1.69. The molecule has 3 nitrogen and oxygen atoms in total. The predicted molar refractivity (Wildman–Crippen MR) is 65.5 cm³/mol. The normalized spacial score (nSPS) is 11.6. The minimum Gasteiger partial charge on any atom is -0.492 e. The van der Waals surface area contributed by atoms with E-state index in [0.29, 0.717) is 13.2 Å². The second-order valence-electron chi connectivity index (χ2n) is 3.54. The van der Waals surface area contributed by atoms with Crippen molar-refractivity contribution in [3.05, 3.63) is 24.3 Å². The molecule has 1 N–H and O–H groups in total. The van der Waals surface area contributed by atoms with Gasteiger partial charge in [-0.05, 0) is 25.5 Å². The van der Waals surface area contributed by atoms with Crippen molar-refractivity contribution < 1.29 is 4.74 Å². The van der Waals surface area contributed by atoms with Crippen LogP contribution in [-0.4, -0.2) is 13.2 Å². The van der Waals surface area contributed by atoms with E-state index in [0.717, 1.165) is 17.9 Å². The third-order valence-electron chi connectivity index (χ3n) is 2.40. The Morgan fingerprint density at radius 2 is 2.12 bits per heavy atom. The fraction of sp³-hybridized carbons (Fsp3) is 0.462. The highest BCUT2D eigenvalue weighted by molar-refractivity contribution is 5.56. The lowest BCUT2D eigenvalue weighted by molar-refractivity contribution is 0.341. The van der Waals surface area contributed by atoms with Crippen molar-refractivity contribution in [1.29, 1.82) is 5.26 Å². The molecule has 1 aromatic rings. The first-order valence-corrected chi connectivity index (χ1v) is 5.67. The summed E-state index contributed by atoms with van der Waals surface area (Å²) in [7, 11) is 0. The number of ether oxygens (including phenoxy) is 1. The van der Waals surface area contributed by atoms with Crippen molar-refractivity contribution in [2.75, 3.05) is 18.5 Å². The first kappa shape index (κ1) is 12.4. The molecule has 16 heavy (non-hydrogen) atoms. The number of nitrogens with one attached hydrogen (secondary N) is 1. The summed E-state index contributed by atoms with van der Waals surface area (Å²) in [5.74, 6) is 0.896. The number of hydrogen-bond acceptors (Lipinski definition) is 3. The second-order valence-corrected chi connectivity index (χ2v) is 3.54. The molecule has 0 aliphatic rings. The molecule has 86 valence electrons. The summed E-state index contributed by atoms with van der Waals surface area (Å²) >= 11 is 0. The lowest BCUT2D eigenvalue weighted by Gasteiger charge is -2.13. The maximum Gasteiger partial charge on any atom is 0.142 e. The average Bonchev–Trinajstić information content (AvgIpc) is 2.33. The molecule has 0 radical (unpaired) electrons. The maximum atomic E-state index is 8.86. The summed E-state index contributed by atoms with van der Waals surface area (Å²) in [5, 5.41) is 12.1. The number of nitrogens with zero attached hydrogens (tertiary/aromatic N) is 1. The quantitative estimate of drug-likeness (QED) is 0.798.